The van der Waals surface area contributed by atoms with Crippen LogP contribution in [0.3, 0.4) is 0 Å². The number of halogens is 3. The first-order valence-electron chi connectivity index (χ1n) is 6.72. The Morgan fingerprint density at radius 2 is 1.81 bits per heavy atom. The van der Waals surface area contributed by atoms with Gasteiger partial charge in [-0.3, -0.25) is 4.79 Å². The van der Waals surface area contributed by atoms with Crippen molar-refractivity contribution < 1.29 is 18.0 Å². The summed E-state index contributed by atoms with van der Waals surface area (Å²) in [6.07, 6.45) is -4.21. The van der Waals surface area contributed by atoms with E-state index in [4.69, 9.17) is 0 Å². The summed E-state index contributed by atoms with van der Waals surface area (Å²) in [5.41, 5.74) is -0.0752. The van der Waals surface area contributed by atoms with Crippen LogP contribution in [0.25, 0.3) is 0 Å². The zero-order chi connectivity index (χ0) is 16.3. The summed E-state index contributed by atoms with van der Waals surface area (Å²) in [5.74, 6) is -0.311. The van der Waals surface area contributed by atoms with Gasteiger partial charge in [0.2, 0.25) is 5.91 Å². The summed E-state index contributed by atoms with van der Waals surface area (Å²) in [4.78, 5) is 11.8. The lowest BCUT2D eigenvalue weighted by atomic mass is 10.1. The third kappa shape index (κ3) is 6.16. The van der Waals surface area contributed by atoms with E-state index < -0.39 is 11.7 Å². The average Bonchev–Trinajstić information content (AvgIpc) is 2.28. The third-order valence-electron chi connectivity index (χ3n) is 2.85. The number of anilines is 1. The second-order valence-electron chi connectivity index (χ2n) is 6.00. The number of rotatable bonds is 4. The molecule has 0 saturated carbocycles. The van der Waals surface area contributed by atoms with Gasteiger partial charge in [-0.05, 0) is 45.4 Å². The molecule has 0 spiro atoms. The molecule has 0 unspecified atom stereocenters. The van der Waals surface area contributed by atoms with Crippen LogP contribution in [0.4, 0.5) is 18.9 Å². The van der Waals surface area contributed by atoms with Gasteiger partial charge in [-0.15, -0.1) is 0 Å². The topological polar surface area (TPSA) is 41.1 Å². The lowest BCUT2D eigenvalue weighted by molar-refractivity contribution is -0.137. The zero-order valence-electron chi connectivity index (χ0n) is 12.7. The van der Waals surface area contributed by atoms with E-state index in [1.54, 1.807) is 6.92 Å². The van der Waals surface area contributed by atoms with Gasteiger partial charge in [0.05, 0.1) is 5.56 Å². The summed E-state index contributed by atoms with van der Waals surface area (Å²) >= 11 is 0. The molecule has 2 N–H and O–H groups in total. The quantitative estimate of drug-likeness (QED) is 0.890. The standard InChI is InChI=1S/C15H21F3N2O/c1-10-5-6-11(15(16,17)18)9-12(10)20-13(21)7-8-19-14(2,3)4/h5-6,9,19H,7-8H2,1-4H3,(H,20,21). The maximum absolute atomic E-state index is 12.6. The first-order valence-corrected chi connectivity index (χ1v) is 6.72. The lowest BCUT2D eigenvalue weighted by Crippen LogP contribution is -2.37. The fraction of sp³-hybridized carbons (Fsp3) is 0.533. The number of hydrogen-bond acceptors (Lipinski definition) is 2. The molecule has 0 aliphatic rings. The van der Waals surface area contributed by atoms with Crippen molar-refractivity contribution in [3.63, 3.8) is 0 Å². The highest BCUT2D eigenvalue weighted by atomic mass is 19.4. The highest BCUT2D eigenvalue weighted by Gasteiger charge is 2.30. The molecule has 0 fully saturated rings. The zero-order valence-corrected chi connectivity index (χ0v) is 12.7. The molecule has 118 valence electrons. The molecule has 1 aromatic carbocycles. The molecule has 1 rings (SSSR count). The van der Waals surface area contributed by atoms with Crippen LogP contribution < -0.4 is 10.6 Å². The normalized spacial score (nSPS) is 12.3. The van der Waals surface area contributed by atoms with Gasteiger partial charge in [0.25, 0.3) is 0 Å². The van der Waals surface area contributed by atoms with Crippen LogP contribution in [0.1, 0.15) is 38.3 Å². The molecular weight excluding hydrogens is 281 g/mol. The van der Waals surface area contributed by atoms with E-state index in [-0.39, 0.29) is 23.6 Å². The van der Waals surface area contributed by atoms with Crippen molar-refractivity contribution in [2.45, 2.75) is 45.8 Å². The Morgan fingerprint density at radius 1 is 1.19 bits per heavy atom. The van der Waals surface area contributed by atoms with Gasteiger partial charge >= 0.3 is 6.18 Å². The van der Waals surface area contributed by atoms with Gasteiger partial charge < -0.3 is 10.6 Å². The van der Waals surface area contributed by atoms with Gasteiger partial charge in [-0.2, -0.15) is 13.2 Å². The predicted octanol–water partition coefficient (Wildman–Crippen LogP) is 3.73. The molecule has 3 nitrogen and oxygen atoms in total. The molecule has 0 saturated heterocycles. The molecule has 0 aromatic heterocycles. The Morgan fingerprint density at radius 3 is 2.33 bits per heavy atom. The molecule has 6 heteroatoms. The SMILES string of the molecule is Cc1ccc(C(F)(F)F)cc1NC(=O)CCNC(C)(C)C. The summed E-state index contributed by atoms with van der Waals surface area (Å²) in [6.45, 7) is 8.04. The Kier molecular flexibility index (Phi) is 5.39. The number of alkyl halides is 3. The van der Waals surface area contributed by atoms with Crippen LogP contribution in [0.2, 0.25) is 0 Å². The summed E-state index contributed by atoms with van der Waals surface area (Å²) in [5, 5.41) is 5.68. The molecule has 0 atom stereocenters. The molecule has 0 aliphatic carbocycles. The Hall–Kier alpha value is -1.56. The molecule has 1 amide bonds. The minimum Gasteiger partial charge on any atom is -0.326 e. The second kappa shape index (κ2) is 6.47. The van der Waals surface area contributed by atoms with Crippen molar-refractivity contribution in [1.29, 1.82) is 0 Å². The van der Waals surface area contributed by atoms with E-state index in [1.165, 1.54) is 6.07 Å². The number of nitrogens with one attached hydrogen (secondary N) is 2. The third-order valence-corrected chi connectivity index (χ3v) is 2.85. The van der Waals surface area contributed by atoms with E-state index in [1.807, 2.05) is 20.8 Å². The highest BCUT2D eigenvalue weighted by molar-refractivity contribution is 5.91. The van der Waals surface area contributed by atoms with Crippen molar-refractivity contribution in [2.75, 3.05) is 11.9 Å². The van der Waals surface area contributed by atoms with E-state index >= 15 is 0 Å². The van der Waals surface area contributed by atoms with Crippen LogP contribution in [0.15, 0.2) is 18.2 Å². The minimum absolute atomic E-state index is 0.105. The number of hydrogen-bond donors (Lipinski definition) is 2. The van der Waals surface area contributed by atoms with Crippen molar-refractivity contribution >= 4 is 11.6 Å². The van der Waals surface area contributed by atoms with Gasteiger partial charge in [0.1, 0.15) is 0 Å². The van der Waals surface area contributed by atoms with Gasteiger partial charge in [-0.1, -0.05) is 6.07 Å². The van der Waals surface area contributed by atoms with Crippen LogP contribution in [-0.2, 0) is 11.0 Å². The molecule has 21 heavy (non-hydrogen) atoms. The fourth-order valence-corrected chi connectivity index (χ4v) is 1.70. The molecule has 0 radical (unpaired) electrons. The number of aryl methyl sites for hydroxylation is 1. The van der Waals surface area contributed by atoms with Gasteiger partial charge in [0, 0.05) is 24.2 Å². The van der Waals surface area contributed by atoms with E-state index in [2.05, 4.69) is 10.6 Å². The van der Waals surface area contributed by atoms with Gasteiger partial charge in [0.15, 0.2) is 0 Å². The second-order valence-corrected chi connectivity index (χ2v) is 6.00. The van der Waals surface area contributed by atoms with Crippen molar-refractivity contribution in [1.82, 2.24) is 5.32 Å². The summed E-state index contributed by atoms with van der Waals surface area (Å²) in [6, 6.07) is 3.32. The van der Waals surface area contributed by atoms with Crippen LogP contribution in [0, 0.1) is 6.92 Å². The average molecular weight is 302 g/mol. The van der Waals surface area contributed by atoms with E-state index in [9.17, 15) is 18.0 Å². The summed E-state index contributed by atoms with van der Waals surface area (Å²) in [7, 11) is 0. The summed E-state index contributed by atoms with van der Waals surface area (Å²) < 4.78 is 37.9. The van der Waals surface area contributed by atoms with Gasteiger partial charge in [-0.25, -0.2) is 0 Å². The number of carbonyl (C=O) groups excluding carboxylic acids is 1. The smallest absolute Gasteiger partial charge is 0.326 e. The largest absolute Gasteiger partial charge is 0.416 e. The maximum atomic E-state index is 12.6. The van der Waals surface area contributed by atoms with Crippen LogP contribution >= 0.6 is 0 Å². The highest BCUT2D eigenvalue weighted by Crippen LogP contribution is 2.32. The molecule has 0 bridgehead atoms. The van der Waals surface area contributed by atoms with E-state index in [0.29, 0.717) is 12.1 Å². The number of benzene rings is 1. The lowest BCUT2D eigenvalue weighted by Gasteiger charge is -2.20. The van der Waals surface area contributed by atoms with Crippen LogP contribution in [0.5, 0.6) is 0 Å². The first-order chi connectivity index (χ1) is 9.49. The predicted molar refractivity (Wildman–Crippen MR) is 77.2 cm³/mol. The fourth-order valence-electron chi connectivity index (χ4n) is 1.70. The Labute approximate surface area is 122 Å². The molecule has 0 heterocycles. The van der Waals surface area contributed by atoms with Crippen LogP contribution in [-0.4, -0.2) is 18.0 Å². The number of carbonyl (C=O) groups is 1. The maximum Gasteiger partial charge on any atom is 0.416 e. The minimum atomic E-state index is -4.42. The molecule has 1 aromatic rings. The van der Waals surface area contributed by atoms with Crippen molar-refractivity contribution in [3.05, 3.63) is 29.3 Å². The first kappa shape index (κ1) is 17.5. The molecule has 0 aliphatic heterocycles. The Bertz CT molecular complexity index is 505. The van der Waals surface area contributed by atoms with Crippen molar-refractivity contribution in [2.24, 2.45) is 0 Å². The van der Waals surface area contributed by atoms with Crippen molar-refractivity contribution in [3.8, 4) is 0 Å². The van der Waals surface area contributed by atoms with E-state index in [0.717, 1.165) is 12.1 Å². The number of amides is 1. The monoisotopic (exact) mass is 302 g/mol. The molecular formula is C15H21F3N2O. The Balaban J connectivity index is 2.68.